The molecule has 0 aliphatic rings. The Morgan fingerprint density at radius 1 is 1.30 bits per heavy atom. The Bertz CT molecular complexity index is 536. The van der Waals surface area contributed by atoms with Crippen molar-refractivity contribution in [3.63, 3.8) is 0 Å². The molecule has 2 aromatic rings. The molecular weight excluding hydrogens is 338 g/mol. The van der Waals surface area contributed by atoms with E-state index in [9.17, 15) is 0 Å². The smallest absolute Gasteiger partial charge is 0.192 e. The summed E-state index contributed by atoms with van der Waals surface area (Å²) in [6, 6.07) is 8.09. The van der Waals surface area contributed by atoms with Crippen molar-refractivity contribution in [2.75, 3.05) is 20.3 Å². The highest BCUT2D eigenvalue weighted by molar-refractivity contribution is 9.10. The van der Waals surface area contributed by atoms with Crippen LogP contribution in [0.2, 0.25) is 0 Å². The van der Waals surface area contributed by atoms with Crippen molar-refractivity contribution >= 4 is 27.7 Å². The SMILES string of the molecule is COCCNCc1cnc(Sc2cccc(Br)c2)nc1. The van der Waals surface area contributed by atoms with Crippen LogP contribution < -0.4 is 5.32 Å². The molecule has 0 amide bonds. The number of methoxy groups -OCH3 is 1. The molecule has 6 heteroatoms. The number of hydrogen-bond acceptors (Lipinski definition) is 5. The van der Waals surface area contributed by atoms with Gasteiger partial charge < -0.3 is 10.1 Å². The molecule has 0 bridgehead atoms. The van der Waals surface area contributed by atoms with Crippen LogP contribution in [0.25, 0.3) is 0 Å². The van der Waals surface area contributed by atoms with Crippen molar-refractivity contribution in [1.82, 2.24) is 15.3 Å². The zero-order chi connectivity index (χ0) is 14.2. The average molecular weight is 354 g/mol. The highest BCUT2D eigenvalue weighted by Gasteiger charge is 2.01. The lowest BCUT2D eigenvalue weighted by atomic mass is 10.3. The van der Waals surface area contributed by atoms with E-state index in [2.05, 4.69) is 31.2 Å². The Labute approximate surface area is 131 Å². The van der Waals surface area contributed by atoms with Gasteiger partial charge in [0.25, 0.3) is 0 Å². The van der Waals surface area contributed by atoms with Crippen molar-refractivity contribution in [3.05, 3.63) is 46.7 Å². The fourth-order valence-electron chi connectivity index (χ4n) is 1.53. The van der Waals surface area contributed by atoms with Gasteiger partial charge in [-0.25, -0.2) is 9.97 Å². The van der Waals surface area contributed by atoms with Gasteiger partial charge in [0, 0.05) is 47.5 Å². The van der Waals surface area contributed by atoms with Crippen LogP contribution in [0.3, 0.4) is 0 Å². The summed E-state index contributed by atoms with van der Waals surface area (Å²) in [5.41, 5.74) is 1.07. The second-order valence-corrected chi connectivity index (χ2v) is 6.06. The molecule has 1 aromatic carbocycles. The molecule has 4 nitrogen and oxygen atoms in total. The first-order valence-electron chi connectivity index (χ1n) is 6.22. The van der Waals surface area contributed by atoms with Gasteiger partial charge >= 0.3 is 0 Å². The molecule has 0 saturated carbocycles. The minimum absolute atomic E-state index is 0.706. The van der Waals surface area contributed by atoms with Gasteiger partial charge in [0.15, 0.2) is 5.16 Å². The maximum atomic E-state index is 4.97. The van der Waals surface area contributed by atoms with Crippen molar-refractivity contribution in [2.24, 2.45) is 0 Å². The Morgan fingerprint density at radius 3 is 2.80 bits per heavy atom. The number of rotatable bonds is 7. The first kappa shape index (κ1) is 15.4. The van der Waals surface area contributed by atoms with Gasteiger partial charge in [-0.3, -0.25) is 0 Å². The fraction of sp³-hybridized carbons (Fsp3) is 0.286. The topological polar surface area (TPSA) is 47.0 Å². The monoisotopic (exact) mass is 353 g/mol. The third-order valence-corrected chi connectivity index (χ3v) is 3.88. The lowest BCUT2D eigenvalue weighted by Gasteiger charge is -2.04. The standard InChI is InChI=1S/C14H16BrN3OS/c1-19-6-5-16-8-11-9-17-14(18-10-11)20-13-4-2-3-12(15)7-13/h2-4,7,9-10,16H,5-6,8H2,1H3. The van der Waals surface area contributed by atoms with E-state index in [0.717, 1.165) is 33.2 Å². The van der Waals surface area contributed by atoms with E-state index < -0.39 is 0 Å². The van der Waals surface area contributed by atoms with Gasteiger partial charge in [0.1, 0.15) is 0 Å². The number of hydrogen-bond donors (Lipinski definition) is 1. The zero-order valence-electron chi connectivity index (χ0n) is 11.2. The van der Waals surface area contributed by atoms with Gasteiger partial charge in [0.05, 0.1) is 6.61 Å². The molecule has 106 valence electrons. The van der Waals surface area contributed by atoms with Crippen molar-refractivity contribution in [1.29, 1.82) is 0 Å². The van der Waals surface area contributed by atoms with Crippen LogP contribution in [0, 0.1) is 0 Å². The number of ether oxygens (including phenoxy) is 1. The Hall–Kier alpha value is -0.950. The molecule has 0 atom stereocenters. The molecule has 2 rings (SSSR count). The maximum absolute atomic E-state index is 4.97. The minimum Gasteiger partial charge on any atom is -0.383 e. The second kappa shape index (κ2) is 8.36. The highest BCUT2D eigenvalue weighted by Crippen LogP contribution is 2.26. The minimum atomic E-state index is 0.706. The molecule has 0 fully saturated rings. The van der Waals surface area contributed by atoms with E-state index >= 15 is 0 Å². The van der Waals surface area contributed by atoms with Gasteiger partial charge in [-0.2, -0.15) is 0 Å². The van der Waals surface area contributed by atoms with Crippen LogP contribution >= 0.6 is 27.7 Å². The Kier molecular flexibility index (Phi) is 6.46. The second-order valence-electron chi connectivity index (χ2n) is 4.10. The van der Waals surface area contributed by atoms with Crippen LogP contribution in [0.5, 0.6) is 0 Å². The van der Waals surface area contributed by atoms with E-state index in [4.69, 9.17) is 4.74 Å². The van der Waals surface area contributed by atoms with Gasteiger partial charge in [-0.1, -0.05) is 22.0 Å². The summed E-state index contributed by atoms with van der Waals surface area (Å²) >= 11 is 5.01. The van der Waals surface area contributed by atoms with Gasteiger partial charge in [0.2, 0.25) is 0 Å². The van der Waals surface area contributed by atoms with Crippen LogP contribution in [0.15, 0.2) is 51.2 Å². The third kappa shape index (κ3) is 5.20. The predicted molar refractivity (Wildman–Crippen MR) is 83.9 cm³/mol. The van der Waals surface area contributed by atoms with Crippen LogP contribution in [0.1, 0.15) is 5.56 Å². The molecule has 0 aliphatic carbocycles. The summed E-state index contributed by atoms with van der Waals surface area (Å²) in [7, 11) is 1.69. The molecular formula is C14H16BrN3OS. The first-order valence-corrected chi connectivity index (χ1v) is 7.83. The average Bonchev–Trinajstić information content (AvgIpc) is 2.45. The van der Waals surface area contributed by atoms with Crippen molar-refractivity contribution < 1.29 is 4.74 Å². The van der Waals surface area contributed by atoms with Crippen LogP contribution in [-0.2, 0) is 11.3 Å². The molecule has 1 aromatic heterocycles. The third-order valence-electron chi connectivity index (χ3n) is 2.50. The Balaban J connectivity index is 1.88. The van der Waals surface area contributed by atoms with Gasteiger partial charge in [-0.05, 0) is 30.0 Å². The summed E-state index contributed by atoms with van der Waals surface area (Å²) in [4.78, 5) is 9.85. The molecule has 20 heavy (non-hydrogen) atoms. The first-order chi connectivity index (χ1) is 9.78. The number of nitrogens with zero attached hydrogens (tertiary/aromatic N) is 2. The van der Waals surface area contributed by atoms with E-state index in [-0.39, 0.29) is 0 Å². The van der Waals surface area contributed by atoms with Gasteiger partial charge in [-0.15, -0.1) is 0 Å². The number of halogens is 1. The number of nitrogens with one attached hydrogen (secondary N) is 1. The maximum Gasteiger partial charge on any atom is 0.192 e. The Morgan fingerprint density at radius 2 is 2.10 bits per heavy atom. The van der Waals surface area contributed by atoms with Crippen LogP contribution in [-0.4, -0.2) is 30.2 Å². The van der Waals surface area contributed by atoms with Crippen molar-refractivity contribution in [2.45, 2.75) is 16.6 Å². The summed E-state index contributed by atoms with van der Waals surface area (Å²) in [6.07, 6.45) is 3.71. The molecule has 0 aliphatic heterocycles. The number of aromatic nitrogens is 2. The predicted octanol–water partition coefficient (Wildman–Crippen LogP) is 3.13. The molecule has 0 unspecified atom stereocenters. The highest BCUT2D eigenvalue weighted by atomic mass is 79.9. The molecule has 1 heterocycles. The molecule has 0 saturated heterocycles. The van der Waals surface area contributed by atoms with E-state index in [1.54, 1.807) is 18.9 Å². The summed E-state index contributed by atoms with van der Waals surface area (Å²) < 4.78 is 6.03. The lowest BCUT2D eigenvalue weighted by molar-refractivity contribution is 0.199. The largest absolute Gasteiger partial charge is 0.383 e. The number of benzene rings is 1. The van der Waals surface area contributed by atoms with Crippen molar-refractivity contribution in [3.8, 4) is 0 Å². The molecule has 1 N–H and O–H groups in total. The van der Waals surface area contributed by atoms with Crippen LogP contribution in [0.4, 0.5) is 0 Å². The fourth-order valence-corrected chi connectivity index (χ4v) is 2.83. The molecule has 0 radical (unpaired) electrons. The van der Waals surface area contributed by atoms with E-state index in [0.29, 0.717) is 6.61 Å². The summed E-state index contributed by atoms with van der Waals surface area (Å²) in [5, 5.41) is 4.01. The summed E-state index contributed by atoms with van der Waals surface area (Å²) in [6.45, 7) is 2.29. The van der Waals surface area contributed by atoms with E-state index in [1.807, 2.05) is 36.7 Å². The normalized spacial score (nSPS) is 10.7. The lowest BCUT2D eigenvalue weighted by Crippen LogP contribution is -2.18. The quantitative estimate of drug-likeness (QED) is 0.612. The molecule has 0 spiro atoms. The summed E-state index contributed by atoms with van der Waals surface area (Å²) in [5.74, 6) is 0. The zero-order valence-corrected chi connectivity index (χ0v) is 13.6. The van der Waals surface area contributed by atoms with E-state index in [1.165, 1.54) is 0 Å².